The first-order chi connectivity index (χ1) is 11.6. The number of rotatable bonds is 5. The van der Waals surface area contributed by atoms with E-state index in [0.29, 0.717) is 12.5 Å². The van der Waals surface area contributed by atoms with Crippen molar-refractivity contribution in [3.63, 3.8) is 0 Å². The Kier molecular flexibility index (Phi) is 5.21. The van der Waals surface area contributed by atoms with Gasteiger partial charge < -0.3 is 10.2 Å². The Balaban J connectivity index is 1.68. The second kappa shape index (κ2) is 7.36. The molecule has 2 unspecified atom stereocenters. The van der Waals surface area contributed by atoms with E-state index in [-0.39, 0.29) is 18.0 Å². The standard InChI is InChI=1S/C19H28N4O/c1-3-17-18-9-8-16(12-21-17)23(18)19(24)11-15(22-20)10-14-7-5-4-6-13(14)2/h3-7,15-16,18,21-22H,8-12,20H2,1-2H3/b17-3+/t15?,16-,18?/m1/s1. The first-order valence-corrected chi connectivity index (χ1v) is 8.86. The van der Waals surface area contributed by atoms with Crippen LogP contribution in [0.5, 0.6) is 0 Å². The summed E-state index contributed by atoms with van der Waals surface area (Å²) in [6, 6.07) is 8.78. The van der Waals surface area contributed by atoms with Gasteiger partial charge in [-0.2, -0.15) is 0 Å². The van der Waals surface area contributed by atoms with Crippen molar-refractivity contribution < 1.29 is 4.79 Å². The van der Waals surface area contributed by atoms with Crippen LogP contribution in [0.4, 0.5) is 0 Å². The van der Waals surface area contributed by atoms with E-state index in [1.807, 2.05) is 19.1 Å². The third kappa shape index (κ3) is 3.32. The fraction of sp³-hybridized carbons (Fsp3) is 0.526. The average Bonchev–Trinajstić information content (AvgIpc) is 2.90. The molecule has 2 aliphatic rings. The minimum Gasteiger partial charge on any atom is -0.385 e. The van der Waals surface area contributed by atoms with Gasteiger partial charge in [-0.25, -0.2) is 0 Å². The molecule has 2 heterocycles. The number of nitrogens with two attached hydrogens (primary N) is 1. The molecular formula is C19H28N4O. The van der Waals surface area contributed by atoms with Gasteiger partial charge in [0.25, 0.3) is 0 Å². The summed E-state index contributed by atoms with van der Waals surface area (Å²) < 4.78 is 0. The molecule has 2 saturated heterocycles. The quantitative estimate of drug-likeness (QED) is 0.567. The molecule has 130 valence electrons. The van der Waals surface area contributed by atoms with Gasteiger partial charge in [-0.3, -0.25) is 16.1 Å². The smallest absolute Gasteiger partial charge is 0.225 e. The molecule has 5 heteroatoms. The second-order valence-corrected chi connectivity index (χ2v) is 6.87. The van der Waals surface area contributed by atoms with Crippen LogP contribution in [0.2, 0.25) is 0 Å². The molecule has 0 radical (unpaired) electrons. The molecule has 0 aliphatic carbocycles. The highest BCUT2D eigenvalue weighted by atomic mass is 16.2. The number of piperazine rings is 1. The van der Waals surface area contributed by atoms with Gasteiger partial charge in [-0.1, -0.05) is 30.3 Å². The third-order valence-corrected chi connectivity index (χ3v) is 5.39. The maximum Gasteiger partial charge on any atom is 0.225 e. The predicted molar refractivity (Wildman–Crippen MR) is 96.0 cm³/mol. The predicted octanol–water partition coefficient (Wildman–Crippen LogP) is 1.63. The Morgan fingerprint density at radius 2 is 2.25 bits per heavy atom. The van der Waals surface area contributed by atoms with Crippen molar-refractivity contribution in [1.29, 1.82) is 0 Å². The highest BCUT2D eigenvalue weighted by Crippen LogP contribution is 2.32. The Bertz CT molecular complexity index is 628. The van der Waals surface area contributed by atoms with Crippen molar-refractivity contribution in [2.45, 2.75) is 57.7 Å². The van der Waals surface area contributed by atoms with Crippen molar-refractivity contribution in [2.24, 2.45) is 5.84 Å². The third-order valence-electron chi connectivity index (χ3n) is 5.39. The lowest BCUT2D eigenvalue weighted by Gasteiger charge is -2.38. The van der Waals surface area contributed by atoms with Crippen LogP contribution < -0.4 is 16.6 Å². The monoisotopic (exact) mass is 328 g/mol. The van der Waals surface area contributed by atoms with Crippen LogP contribution in [0, 0.1) is 6.92 Å². The number of fused-ring (bicyclic) bond motifs is 2. The molecule has 0 aromatic heterocycles. The van der Waals surface area contributed by atoms with Crippen LogP contribution in [0.3, 0.4) is 0 Å². The fourth-order valence-electron chi connectivity index (χ4n) is 4.02. The maximum absolute atomic E-state index is 12.9. The first kappa shape index (κ1) is 17.0. The molecule has 0 spiro atoms. The van der Waals surface area contributed by atoms with E-state index in [1.165, 1.54) is 16.8 Å². The highest BCUT2D eigenvalue weighted by Gasteiger charge is 2.42. The van der Waals surface area contributed by atoms with E-state index in [1.54, 1.807) is 0 Å². The maximum atomic E-state index is 12.9. The Morgan fingerprint density at radius 3 is 2.96 bits per heavy atom. The molecule has 5 nitrogen and oxygen atoms in total. The largest absolute Gasteiger partial charge is 0.385 e. The highest BCUT2D eigenvalue weighted by molar-refractivity contribution is 5.78. The van der Waals surface area contributed by atoms with E-state index in [4.69, 9.17) is 5.84 Å². The zero-order valence-electron chi connectivity index (χ0n) is 14.6. The second-order valence-electron chi connectivity index (χ2n) is 6.87. The van der Waals surface area contributed by atoms with Crippen molar-refractivity contribution in [1.82, 2.24) is 15.6 Å². The SMILES string of the molecule is C/C=C1/NC[C@H]2CCC1N2C(=O)CC(Cc1ccccc1C)NN. The van der Waals surface area contributed by atoms with E-state index < -0.39 is 0 Å². The molecule has 4 N–H and O–H groups in total. The molecule has 1 amide bonds. The summed E-state index contributed by atoms with van der Waals surface area (Å²) in [6.07, 6.45) is 5.45. The lowest BCUT2D eigenvalue weighted by atomic mass is 9.98. The molecule has 0 saturated carbocycles. The average molecular weight is 328 g/mol. The van der Waals surface area contributed by atoms with E-state index in [0.717, 1.165) is 25.8 Å². The van der Waals surface area contributed by atoms with Crippen molar-refractivity contribution in [3.05, 3.63) is 47.2 Å². The number of hydrazine groups is 1. The van der Waals surface area contributed by atoms with Crippen LogP contribution in [0.25, 0.3) is 0 Å². The zero-order valence-corrected chi connectivity index (χ0v) is 14.6. The van der Waals surface area contributed by atoms with Crippen LogP contribution in [0.1, 0.15) is 37.3 Å². The number of hydrogen-bond donors (Lipinski definition) is 3. The molecular weight excluding hydrogens is 300 g/mol. The molecule has 3 atom stereocenters. The number of amides is 1. The summed E-state index contributed by atoms with van der Waals surface area (Å²) in [5.41, 5.74) is 6.51. The Hall–Kier alpha value is -1.85. The lowest BCUT2D eigenvalue weighted by Crippen LogP contribution is -2.54. The van der Waals surface area contributed by atoms with Gasteiger partial charge in [0.2, 0.25) is 5.91 Å². The van der Waals surface area contributed by atoms with Gasteiger partial charge in [0.15, 0.2) is 0 Å². The Morgan fingerprint density at radius 1 is 1.46 bits per heavy atom. The minimum atomic E-state index is -0.0399. The molecule has 24 heavy (non-hydrogen) atoms. The van der Waals surface area contributed by atoms with Crippen LogP contribution >= 0.6 is 0 Å². The van der Waals surface area contributed by atoms with Crippen LogP contribution in [-0.2, 0) is 11.2 Å². The number of allylic oxidation sites excluding steroid dienone is 1. The number of aryl methyl sites for hydroxylation is 1. The molecule has 1 aromatic rings. The summed E-state index contributed by atoms with van der Waals surface area (Å²) in [6.45, 7) is 4.99. The number of benzene rings is 1. The van der Waals surface area contributed by atoms with E-state index >= 15 is 0 Å². The number of nitrogens with one attached hydrogen (secondary N) is 2. The fourth-order valence-corrected chi connectivity index (χ4v) is 4.02. The van der Waals surface area contributed by atoms with Gasteiger partial charge in [0, 0.05) is 30.7 Å². The molecule has 2 aliphatic heterocycles. The first-order valence-electron chi connectivity index (χ1n) is 8.86. The van der Waals surface area contributed by atoms with Crippen LogP contribution in [0.15, 0.2) is 36.0 Å². The Labute approximate surface area is 144 Å². The summed E-state index contributed by atoms with van der Waals surface area (Å²) in [7, 11) is 0. The number of carbonyl (C=O) groups is 1. The summed E-state index contributed by atoms with van der Waals surface area (Å²) in [5, 5.41) is 3.46. The molecule has 2 bridgehead atoms. The number of carbonyl (C=O) groups excluding carboxylic acids is 1. The van der Waals surface area contributed by atoms with E-state index in [9.17, 15) is 4.79 Å². The van der Waals surface area contributed by atoms with Gasteiger partial charge in [-0.05, 0) is 44.2 Å². The molecule has 1 aromatic carbocycles. The lowest BCUT2D eigenvalue weighted by molar-refractivity contribution is -0.134. The molecule has 3 rings (SSSR count). The van der Waals surface area contributed by atoms with Gasteiger partial charge >= 0.3 is 0 Å². The van der Waals surface area contributed by atoms with Gasteiger partial charge in [0.1, 0.15) is 0 Å². The normalized spacial score (nSPS) is 25.6. The number of nitrogens with zero attached hydrogens (tertiary/aromatic N) is 1. The summed E-state index contributed by atoms with van der Waals surface area (Å²) in [4.78, 5) is 15.0. The minimum absolute atomic E-state index is 0.0399. The van der Waals surface area contributed by atoms with E-state index in [2.05, 4.69) is 40.8 Å². The van der Waals surface area contributed by atoms with Crippen molar-refractivity contribution in [2.75, 3.05) is 6.54 Å². The van der Waals surface area contributed by atoms with Crippen LogP contribution in [-0.4, -0.2) is 35.5 Å². The zero-order chi connectivity index (χ0) is 17.1. The summed E-state index contributed by atoms with van der Waals surface area (Å²) in [5.74, 6) is 5.95. The summed E-state index contributed by atoms with van der Waals surface area (Å²) >= 11 is 0. The van der Waals surface area contributed by atoms with Crippen molar-refractivity contribution in [3.8, 4) is 0 Å². The van der Waals surface area contributed by atoms with Crippen molar-refractivity contribution >= 4 is 5.91 Å². The topological polar surface area (TPSA) is 70.4 Å². The van der Waals surface area contributed by atoms with Gasteiger partial charge in [0.05, 0.1) is 6.04 Å². The number of hydrogen-bond acceptors (Lipinski definition) is 4. The van der Waals surface area contributed by atoms with Gasteiger partial charge in [-0.15, -0.1) is 0 Å². The molecule has 2 fully saturated rings.